The topological polar surface area (TPSA) is 53.8 Å². The molecule has 4 heteroatoms. The van der Waals surface area contributed by atoms with Gasteiger partial charge in [-0.1, -0.05) is 91.0 Å². The Hall–Kier alpha value is -4.15. The van der Waals surface area contributed by atoms with Crippen LogP contribution in [-0.2, 0) is 0 Å². The van der Waals surface area contributed by atoms with E-state index >= 15 is 0 Å². The minimum atomic E-state index is -0.768. The summed E-state index contributed by atoms with van der Waals surface area (Å²) in [5.41, 5.74) is 6.19. The number of fused-ring (bicyclic) bond motifs is 3. The third-order valence-corrected chi connectivity index (χ3v) is 6.35. The van der Waals surface area contributed by atoms with E-state index in [4.69, 9.17) is 0 Å². The van der Waals surface area contributed by atoms with Crippen LogP contribution in [0.4, 0.5) is 0 Å². The fourth-order valence-corrected chi connectivity index (χ4v) is 4.82. The van der Waals surface area contributed by atoms with Crippen molar-refractivity contribution in [3.8, 4) is 0 Å². The molecule has 33 heavy (non-hydrogen) atoms. The predicted molar refractivity (Wildman–Crippen MR) is 132 cm³/mol. The van der Waals surface area contributed by atoms with Crippen molar-refractivity contribution in [3.63, 3.8) is 0 Å². The zero-order valence-corrected chi connectivity index (χ0v) is 18.0. The van der Waals surface area contributed by atoms with E-state index in [1.807, 2.05) is 6.07 Å². The Morgan fingerprint density at radius 1 is 0.667 bits per heavy atom. The number of nitrogens with one attached hydrogen (secondary N) is 1. The first-order valence-corrected chi connectivity index (χ1v) is 11.1. The molecule has 1 unspecified atom stereocenters. The normalized spacial score (nSPS) is 12.5. The van der Waals surface area contributed by atoms with Crippen LogP contribution in [0.3, 0.4) is 0 Å². The van der Waals surface area contributed by atoms with Gasteiger partial charge in [-0.05, 0) is 28.8 Å². The number of H-pyrrole nitrogens is 1. The molecule has 4 aromatic carbocycles. The van der Waals surface area contributed by atoms with Gasteiger partial charge in [-0.25, -0.2) is 4.98 Å². The Balaban J connectivity index is 1.66. The number of nitrogens with zero attached hydrogens (tertiary/aromatic N) is 2. The molecule has 0 fully saturated rings. The smallest absolute Gasteiger partial charge is 0.120 e. The van der Waals surface area contributed by atoms with E-state index < -0.39 is 6.10 Å². The van der Waals surface area contributed by atoms with Gasteiger partial charge in [0, 0.05) is 16.3 Å². The third-order valence-electron chi connectivity index (χ3n) is 6.35. The number of para-hydroxylation sites is 1. The van der Waals surface area contributed by atoms with Crippen molar-refractivity contribution in [2.45, 2.75) is 12.1 Å². The molecule has 2 heterocycles. The molecule has 0 saturated carbocycles. The molecule has 0 spiro atoms. The molecule has 0 amide bonds. The van der Waals surface area contributed by atoms with Gasteiger partial charge >= 0.3 is 0 Å². The molecule has 2 N–H and O–H groups in total. The summed E-state index contributed by atoms with van der Waals surface area (Å²) in [5, 5.41) is 13.4. The molecular formula is C29H23N3O. The van der Waals surface area contributed by atoms with Crippen LogP contribution in [0.5, 0.6) is 0 Å². The SMILES string of the molecule is OC(c1ccc2c3ccccc3n(C(c3ccccc3)c3ccccc3)c2c1)c1cnc[nH]1. The molecule has 6 rings (SSSR count). The van der Waals surface area contributed by atoms with Gasteiger partial charge in [-0.3, -0.25) is 0 Å². The molecule has 0 aliphatic rings. The van der Waals surface area contributed by atoms with E-state index in [0.29, 0.717) is 5.69 Å². The van der Waals surface area contributed by atoms with E-state index in [-0.39, 0.29) is 6.04 Å². The Kier molecular flexibility index (Phi) is 4.78. The zero-order chi connectivity index (χ0) is 22.2. The Bertz CT molecular complexity index is 1480. The van der Waals surface area contributed by atoms with Gasteiger partial charge in [0.25, 0.3) is 0 Å². The average Bonchev–Trinajstić information content (AvgIpc) is 3.53. The Morgan fingerprint density at radius 2 is 1.30 bits per heavy atom. The van der Waals surface area contributed by atoms with Crippen LogP contribution in [0.25, 0.3) is 21.8 Å². The van der Waals surface area contributed by atoms with Crippen LogP contribution in [-0.4, -0.2) is 19.6 Å². The first-order valence-electron chi connectivity index (χ1n) is 11.1. The van der Waals surface area contributed by atoms with Crippen molar-refractivity contribution in [2.24, 2.45) is 0 Å². The molecule has 0 saturated heterocycles. The number of hydrogen-bond donors (Lipinski definition) is 2. The van der Waals surface area contributed by atoms with Gasteiger partial charge in [-0.15, -0.1) is 0 Å². The van der Waals surface area contributed by atoms with Crippen LogP contribution < -0.4 is 0 Å². The molecule has 2 aromatic heterocycles. The molecule has 0 bridgehead atoms. The lowest BCUT2D eigenvalue weighted by atomic mass is 9.98. The number of aliphatic hydroxyl groups excluding tert-OH is 1. The van der Waals surface area contributed by atoms with Crippen LogP contribution >= 0.6 is 0 Å². The lowest BCUT2D eigenvalue weighted by molar-refractivity contribution is 0.216. The summed E-state index contributed by atoms with van der Waals surface area (Å²) in [5.74, 6) is 0. The van der Waals surface area contributed by atoms with Crippen LogP contribution in [0.1, 0.15) is 34.5 Å². The largest absolute Gasteiger partial charge is 0.382 e. The predicted octanol–water partition coefficient (Wildman–Crippen LogP) is 6.24. The van der Waals surface area contributed by atoms with Gasteiger partial charge in [0.05, 0.1) is 29.8 Å². The second-order valence-corrected chi connectivity index (χ2v) is 8.30. The Morgan fingerprint density at radius 3 is 1.97 bits per heavy atom. The maximum atomic E-state index is 11.0. The summed E-state index contributed by atoms with van der Waals surface area (Å²) in [6.07, 6.45) is 2.49. The maximum Gasteiger partial charge on any atom is 0.120 e. The number of aromatic amines is 1. The highest BCUT2D eigenvalue weighted by atomic mass is 16.3. The van der Waals surface area contributed by atoms with Crippen molar-refractivity contribution < 1.29 is 5.11 Å². The summed E-state index contributed by atoms with van der Waals surface area (Å²) < 4.78 is 2.40. The highest BCUT2D eigenvalue weighted by Gasteiger charge is 2.23. The van der Waals surface area contributed by atoms with Gasteiger partial charge in [-0.2, -0.15) is 0 Å². The molecule has 0 aliphatic heterocycles. The van der Waals surface area contributed by atoms with Crippen molar-refractivity contribution in [1.82, 2.24) is 14.5 Å². The van der Waals surface area contributed by atoms with Crippen molar-refractivity contribution >= 4 is 21.8 Å². The summed E-state index contributed by atoms with van der Waals surface area (Å²) in [6, 6.07) is 35.9. The molecule has 4 nitrogen and oxygen atoms in total. The van der Waals surface area contributed by atoms with E-state index in [2.05, 4.69) is 112 Å². The van der Waals surface area contributed by atoms with Crippen molar-refractivity contribution in [1.29, 1.82) is 0 Å². The summed E-state index contributed by atoms with van der Waals surface area (Å²) >= 11 is 0. The van der Waals surface area contributed by atoms with Gasteiger partial charge in [0.2, 0.25) is 0 Å². The van der Waals surface area contributed by atoms with Gasteiger partial charge < -0.3 is 14.7 Å². The van der Waals surface area contributed by atoms with E-state index in [0.717, 1.165) is 11.1 Å². The second kappa shape index (κ2) is 8.08. The standard InChI is InChI=1S/C29H23N3O/c33-29(25-18-30-19-31-25)22-15-16-24-23-13-7-8-14-26(23)32(27(24)17-22)28(20-9-3-1-4-10-20)21-11-5-2-6-12-21/h1-19,28-29,33H,(H,30,31). The number of hydrogen-bond acceptors (Lipinski definition) is 2. The molecule has 160 valence electrons. The fourth-order valence-electron chi connectivity index (χ4n) is 4.82. The maximum absolute atomic E-state index is 11.0. The summed E-state index contributed by atoms with van der Waals surface area (Å²) in [4.78, 5) is 7.10. The molecular weight excluding hydrogens is 406 g/mol. The first-order chi connectivity index (χ1) is 16.3. The summed E-state index contributed by atoms with van der Waals surface area (Å²) in [6.45, 7) is 0. The molecule has 1 atom stereocenters. The molecule has 0 aliphatic carbocycles. The van der Waals surface area contributed by atoms with Gasteiger partial charge in [0.1, 0.15) is 6.10 Å². The number of aliphatic hydroxyl groups is 1. The van der Waals surface area contributed by atoms with Crippen molar-refractivity contribution in [2.75, 3.05) is 0 Å². The van der Waals surface area contributed by atoms with E-state index in [9.17, 15) is 5.11 Å². The first kappa shape index (κ1) is 19.5. The molecule has 0 radical (unpaired) electrons. The number of aromatic nitrogens is 3. The number of benzene rings is 4. The highest BCUT2D eigenvalue weighted by molar-refractivity contribution is 6.08. The lowest BCUT2D eigenvalue weighted by Gasteiger charge is -2.23. The van der Waals surface area contributed by atoms with Crippen LogP contribution in [0, 0.1) is 0 Å². The minimum Gasteiger partial charge on any atom is -0.382 e. The number of imidazole rings is 1. The Labute approximate surface area is 191 Å². The fraction of sp³-hybridized carbons (Fsp3) is 0.0690. The molecule has 6 aromatic rings. The monoisotopic (exact) mass is 429 g/mol. The highest BCUT2D eigenvalue weighted by Crippen LogP contribution is 2.38. The van der Waals surface area contributed by atoms with Crippen LogP contribution in [0.2, 0.25) is 0 Å². The van der Waals surface area contributed by atoms with Crippen molar-refractivity contribution in [3.05, 3.63) is 138 Å². The quantitative estimate of drug-likeness (QED) is 0.341. The minimum absolute atomic E-state index is 0.00523. The van der Waals surface area contributed by atoms with E-state index in [1.165, 1.54) is 27.4 Å². The lowest BCUT2D eigenvalue weighted by Crippen LogP contribution is -2.12. The average molecular weight is 430 g/mol. The van der Waals surface area contributed by atoms with E-state index in [1.54, 1.807) is 12.5 Å². The second-order valence-electron chi connectivity index (χ2n) is 8.30. The summed E-state index contributed by atoms with van der Waals surface area (Å²) in [7, 11) is 0. The number of rotatable bonds is 5. The zero-order valence-electron chi connectivity index (χ0n) is 18.0. The third kappa shape index (κ3) is 3.32. The van der Waals surface area contributed by atoms with Crippen LogP contribution in [0.15, 0.2) is 116 Å². The van der Waals surface area contributed by atoms with Gasteiger partial charge in [0.15, 0.2) is 0 Å².